The standard InChI is InChI=1S/C25H31N5O4S/c1-17-3-5-19(6-4-17)21-15-22-23(27-18(2)30(22)20-7-14-35(32,33)16-20)24(28-21)25(31)26-8-9-29-10-12-34-13-11-29/h3-6,15,20H,7-14,16H2,1-2H3,(H,26,31). The van der Waals surface area contributed by atoms with E-state index in [4.69, 9.17) is 14.7 Å². The average molecular weight is 498 g/mol. The van der Waals surface area contributed by atoms with Gasteiger partial charge in [-0.25, -0.2) is 18.4 Å². The summed E-state index contributed by atoms with van der Waals surface area (Å²) < 4.78 is 31.8. The molecule has 2 aliphatic heterocycles. The van der Waals surface area contributed by atoms with Crippen LogP contribution in [0.5, 0.6) is 0 Å². The van der Waals surface area contributed by atoms with E-state index >= 15 is 0 Å². The maximum Gasteiger partial charge on any atom is 0.272 e. The Hall–Kier alpha value is -2.82. The monoisotopic (exact) mass is 497 g/mol. The quantitative estimate of drug-likeness (QED) is 0.556. The lowest BCUT2D eigenvalue weighted by atomic mass is 10.1. The van der Waals surface area contributed by atoms with Crippen molar-refractivity contribution in [3.8, 4) is 11.3 Å². The molecular weight excluding hydrogens is 466 g/mol. The zero-order chi connectivity index (χ0) is 24.6. The highest BCUT2D eigenvalue weighted by molar-refractivity contribution is 7.91. The first kappa shape index (κ1) is 23.9. The summed E-state index contributed by atoms with van der Waals surface area (Å²) in [5.74, 6) is 0.665. The Kier molecular flexibility index (Phi) is 6.61. The maximum atomic E-state index is 13.3. The van der Waals surface area contributed by atoms with Crippen molar-refractivity contribution in [3.63, 3.8) is 0 Å². The average Bonchev–Trinajstić information content (AvgIpc) is 3.36. The van der Waals surface area contributed by atoms with Gasteiger partial charge in [0.25, 0.3) is 5.91 Å². The maximum absolute atomic E-state index is 13.3. The Morgan fingerprint density at radius 2 is 1.89 bits per heavy atom. The molecule has 3 aromatic rings. The van der Waals surface area contributed by atoms with Crippen molar-refractivity contribution in [2.75, 3.05) is 50.9 Å². The molecule has 186 valence electrons. The number of aryl methyl sites for hydroxylation is 2. The highest BCUT2D eigenvalue weighted by atomic mass is 32.2. The zero-order valence-electron chi connectivity index (χ0n) is 20.2. The SMILES string of the molecule is Cc1ccc(-c2cc3c(nc(C)n3C3CCS(=O)(=O)C3)c(C(=O)NCCN3CCOCC3)n2)cc1. The molecule has 0 bridgehead atoms. The number of aromatic nitrogens is 3. The third kappa shape index (κ3) is 5.10. The van der Waals surface area contributed by atoms with Crippen LogP contribution in [-0.2, 0) is 14.6 Å². The largest absolute Gasteiger partial charge is 0.379 e. The topological polar surface area (TPSA) is 106 Å². The lowest BCUT2D eigenvalue weighted by Gasteiger charge is -2.26. The van der Waals surface area contributed by atoms with Gasteiger partial charge in [0, 0.05) is 31.7 Å². The molecule has 4 heterocycles. The molecule has 2 aromatic heterocycles. The molecule has 1 N–H and O–H groups in total. The van der Waals surface area contributed by atoms with Crippen LogP contribution >= 0.6 is 0 Å². The molecule has 10 heteroatoms. The number of carbonyl (C=O) groups excluding carboxylic acids is 1. The van der Waals surface area contributed by atoms with Crippen molar-refractivity contribution in [2.45, 2.75) is 26.3 Å². The Labute approximate surface area is 205 Å². The summed E-state index contributed by atoms with van der Waals surface area (Å²) in [6, 6.07) is 9.71. The lowest BCUT2D eigenvalue weighted by Crippen LogP contribution is -2.41. The molecular formula is C25H31N5O4S. The van der Waals surface area contributed by atoms with Crippen LogP contribution in [0, 0.1) is 13.8 Å². The highest BCUT2D eigenvalue weighted by Gasteiger charge is 2.32. The molecule has 9 nitrogen and oxygen atoms in total. The Balaban J connectivity index is 1.51. The van der Waals surface area contributed by atoms with Crippen molar-refractivity contribution in [2.24, 2.45) is 0 Å². The van der Waals surface area contributed by atoms with Crippen LogP contribution in [-0.4, -0.2) is 84.7 Å². The van der Waals surface area contributed by atoms with Gasteiger partial charge in [0.15, 0.2) is 15.5 Å². The molecule has 5 rings (SSSR count). The minimum Gasteiger partial charge on any atom is -0.379 e. The van der Waals surface area contributed by atoms with Gasteiger partial charge in [0.05, 0.1) is 42.0 Å². The number of sulfone groups is 1. The molecule has 0 aliphatic carbocycles. The number of carbonyl (C=O) groups is 1. The number of amides is 1. The van der Waals surface area contributed by atoms with Gasteiger partial charge in [0.1, 0.15) is 11.3 Å². The van der Waals surface area contributed by atoms with E-state index in [-0.39, 0.29) is 29.1 Å². The van der Waals surface area contributed by atoms with Gasteiger partial charge in [0.2, 0.25) is 0 Å². The van der Waals surface area contributed by atoms with Crippen molar-refractivity contribution >= 4 is 26.8 Å². The van der Waals surface area contributed by atoms with Crippen LogP contribution < -0.4 is 5.32 Å². The molecule has 2 aliphatic rings. The molecule has 0 saturated carbocycles. The molecule has 1 atom stereocenters. The summed E-state index contributed by atoms with van der Waals surface area (Å²) >= 11 is 0. The van der Waals surface area contributed by atoms with E-state index in [2.05, 4.69) is 10.2 Å². The van der Waals surface area contributed by atoms with Gasteiger partial charge in [-0.1, -0.05) is 29.8 Å². The first-order chi connectivity index (χ1) is 16.8. The van der Waals surface area contributed by atoms with Crippen LogP contribution in [0.4, 0.5) is 0 Å². The van der Waals surface area contributed by atoms with Crippen molar-refractivity contribution in [1.82, 2.24) is 24.8 Å². The van der Waals surface area contributed by atoms with Gasteiger partial charge in [-0.3, -0.25) is 9.69 Å². The first-order valence-corrected chi connectivity index (χ1v) is 13.9. The molecule has 35 heavy (non-hydrogen) atoms. The van der Waals surface area contributed by atoms with Gasteiger partial charge < -0.3 is 14.6 Å². The van der Waals surface area contributed by atoms with Gasteiger partial charge in [-0.15, -0.1) is 0 Å². The number of fused-ring (bicyclic) bond motifs is 1. The smallest absolute Gasteiger partial charge is 0.272 e. The van der Waals surface area contributed by atoms with Gasteiger partial charge >= 0.3 is 0 Å². The minimum absolute atomic E-state index is 0.0859. The van der Waals surface area contributed by atoms with E-state index in [0.29, 0.717) is 43.2 Å². The summed E-state index contributed by atoms with van der Waals surface area (Å²) in [7, 11) is -3.08. The number of nitrogens with one attached hydrogen (secondary N) is 1. The Bertz CT molecular complexity index is 1340. The molecule has 2 fully saturated rings. The number of rotatable bonds is 6. The summed E-state index contributed by atoms with van der Waals surface area (Å²) in [5.41, 5.74) is 4.21. The number of ether oxygens (including phenoxy) is 1. The first-order valence-electron chi connectivity index (χ1n) is 12.1. The van der Waals surface area contributed by atoms with Crippen molar-refractivity contribution < 1.29 is 17.9 Å². The molecule has 2 saturated heterocycles. The number of imidazole rings is 1. The molecule has 1 aromatic carbocycles. The molecule has 0 radical (unpaired) electrons. The van der Waals surface area contributed by atoms with Crippen LogP contribution in [0.15, 0.2) is 30.3 Å². The zero-order valence-corrected chi connectivity index (χ0v) is 21.0. The fourth-order valence-electron chi connectivity index (χ4n) is 4.92. The van der Waals surface area contributed by atoms with E-state index in [0.717, 1.165) is 36.3 Å². The predicted octanol–water partition coefficient (Wildman–Crippen LogP) is 2.14. The number of benzene rings is 1. The molecule has 1 amide bonds. The van der Waals surface area contributed by atoms with Gasteiger partial charge in [-0.05, 0) is 26.3 Å². The van der Waals surface area contributed by atoms with Crippen LogP contribution in [0.25, 0.3) is 22.3 Å². The lowest BCUT2D eigenvalue weighted by molar-refractivity contribution is 0.0383. The van der Waals surface area contributed by atoms with E-state index in [1.54, 1.807) is 0 Å². The predicted molar refractivity (Wildman–Crippen MR) is 134 cm³/mol. The van der Waals surface area contributed by atoms with Crippen LogP contribution in [0.3, 0.4) is 0 Å². The van der Waals surface area contributed by atoms with E-state index in [9.17, 15) is 13.2 Å². The molecule has 0 spiro atoms. The summed E-state index contributed by atoms with van der Waals surface area (Å²) in [4.78, 5) is 25.0. The normalized spacial score (nSPS) is 20.3. The number of pyridine rings is 1. The second kappa shape index (κ2) is 9.67. The van der Waals surface area contributed by atoms with Crippen molar-refractivity contribution in [3.05, 3.63) is 47.4 Å². The second-order valence-corrected chi connectivity index (χ2v) is 11.6. The van der Waals surface area contributed by atoms with E-state index < -0.39 is 9.84 Å². The summed E-state index contributed by atoms with van der Waals surface area (Å²) in [6.45, 7) is 8.25. The second-order valence-electron chi connectivity index (χ2n) is 9.39. The Morgan fingerprint density at radius 3 is 2.57 bits per heavy atom. The highest BCUT2D eigenvalue weighted by Crippen LogP contribution is 2.32. The van der Waals surface area contributed by atoms with E-state index in [1.807, 2.05) is 48.7 Å². The number of hydrogen-bond acceptors (Lipinski definition) is 7. The number of morpholine rings is 1. The van der Waals surface area contributed by atoms with Gasteiger partial charge in [-0.2, -0.15) is 0 Å². The minimum atomic E-state index is -3.08. The fourth-order valence-corrected chi connectivity index (χ4v) is 6.62. The number of nitrogens with zero attached hydrogens (tertiary/aromatic N) is 4. The van der Waals surface area contributed by atoms with E-state index in [1.165, 1.54) is 0 Å². The van der Waals surface area contributed by atoms with Crippen LogP contribution in [0.2, 0.25) is 0 Å². The third-order valence-corrected chi connectivity index (χ3v) is 8.56. The number of hydrogen-bond donors (Lipinski definition) is 1. The van der Waals surface area contributed by atoms with Crippen LogP contribution in [0.1, 0.15) is 34.3 Å². The fraction of sp³-hybridized carbons (Fsp3) is 0.480. The van der Waals surface area contributed by atoms with Crippen molar-refractivity contribution in [1.29, 1.82) is 0 Å². The third-order valence-electron chi connectivity index (χ3n) is 6.81. The Morgan fingerprint density at radius 1 is 1.14 bits per heavy atom. The summed E-state index contributed by atoms with van der Waals surface area (Å²) in [6.07, 6.45) is 0.540. The molecule has 1 unspecified atom stereocenters. The summed E-state index contributed by atoms with van der Waals surface area (Å²) in [5, 5.41) is 3.01.